The molecule has 0 amide bonds. The van der Waals surface area contributed by atoms with Crippen LogP contribution in [0.25, 0.3) is 11.0 Å². The van der Waals surface area contributed by atoms with E-state index in [1.165, 1.54) is 10.9 Å². The fraction of sp³-hybridized carbons (Fsp3) is 0.240. The van der Waals surface area contributed by atoms with Gasteiger partial charge in [0, 0.05) is 36.3 Å². The Hall–Kier alpha value is -4.10. The van der Waals surface area contributed by atoms with Gasteiger partial charge in [0.05, 0.1) is 10.9 Å². The summed E-state index contributed by atoms with van der Waals surface area (Å²) in [5, 5.41) is 26.5. The molecule has 202 valence electrons. The van der Waals surface area contributed by atoms with E-state index in [9.17, 15) is 18.6 Å². The smallest absolute Gasteiger partial charge is 0.274 e. The molecule has 0 unspecified atom stereocenters. The first-order valence-electron chi connectivity index (χ1n) is 11.7. The lowest BCUT2D eigenvalue weighted by atomic mass is 10.1. The summed E-state index contributed by atoms with van der Waals surface area (Å²) < 4.78 is 37.6. The van der Waals surface area contributed by atoms with Gasteiger partial charge in [-0.05, 0) is 30.3 Å². The normalized spacial score (nSPS) is 21.0. The van der Waals surface area contributed by atoms with E-state index in [1.807, 2.05) is 24.3 Å². The number of nitrogen functional groups attached to an aromatic ring is 1. The van der Waals surface area contributed by atoms with Crippen LogP contribution in [-0.2, 0) is 21.6 Å². The van der Waals surface area contributed by atoms with Gasteiger partial charge in [-0.25, -0.2) is 15.1 Å². The van der Waals surface area contributed by atoms with Crippen LogP contribution in [0.4, 0.5) is 5.82 Å². The molecule has 3 aromatic heterocycles. The molecule has 5 rings (SSSR count). The lowest BCUT2D eigenvalue weighted by molar-refractivity contribution is -0.0327. The monoisotopic (exact) mass is 551 g/mol. The molecule has 0 spiro atoms. The molecular formula is C25H25N7O6S. The number of nitrogens with zero attached hydrogens (tertiary/aromatic N) is 4. The van der Waals surface area contributed by atoms with E-state index in [0.717, 1.165) is 5.56 Å². The van der Waals surface area contributed by atoms with Crippen molar-refractivity contribution in [1.29, 1.82) is 0 Å². The third-order valence-electron chi connectivity index (χ3n) is 6.06. The molecule has 39 heavy (non-hydrogen) atoms. The Morgan fingerprint density at radius 2 is 1.92 bits per heavy atom. The van der Waals surface area contributed by atoms with Gasteiger partial charge in [-0.3, -0.25) is 4.98 Å². The molecule has 0 aliphatic carbocycles. The summed E-state index contributed by atoms with van der Waals surface area (Å²) in [7, 11) is -4.02. The number of rotatable bonds is 7. The summed E-state index contributed by atoms with van der Waals surface area (Å²) in [6.45, 7) is 0.0544. The van der Waals surface area contributed by atoms with Crippen LogP contribution >= 0.6 is 0 Å². The second-order valence-corrected chi connectivity index (χ2v) is 10.2. The third kappa shape index (κ3) is 5.99. The number of anilines is 1. The van der Waals surface area contributed by atoms with E-state index in [-0.39, 0.29) is 12.4 Å². The van der Waals surface area contributed by atoms with Crippen molar-refractivity contribution < 1.29 is 28.1 Å². The second kappa shape index (κ2) is 10.9. The number of ether oxygens (including phenoxy) is 2. The van der Waals surface area contributed by atoms with E-state index in [1.54, 1.807) is 30.7 Å². The number of aromatic nitrogens is 4. The van der Waals surface area contributed by atoms with Crippen LogP contribution in [0.2, 0.25) is 0 Å². The van der Waals surface area contributed by atoms with Gasteiger partial charge in [-0.2, -0.15) is 13.1 Å². The van der Waals surface area contributed by atoms with Crippen molar-refractivity contribution in [1.82, 2.24) is 24.2 Å². The molecular weight excluding hydrogens is 526 g/mol. The highest BCUT2D eigenvalue weighted by molar-refractivity contribution is 7.87. The number of hydrogen-bond acceptors (Lipinski definition) is 10. The van der Waals surface area contributed by atoms with Crippen molar-refractivity contribution in [3.8, 4) is 17.6 Å². The molecule has 14 heteroatoms. The first-order valence-corrected chi connectivity index (χ1v) is 13.3. The molecule has 1 aliphatic rings. The van der Waals surface area contributed by atoms with Gasteiger partial charge in [0.25, 0.3) is 10.2 Å². The zero-order chi connectivity index (χ0) is 27.6. The maximum atomic E-state index is 11.2. The van der Waals surface area contributed by atoms with Gasteiger partial charge >= 0.3 is 0 Å². The van der Waals surface area contributed by atoms with Crippen molar-refractivity contribution in [2.75, 3.05) is 12.3 Å². The quantitative estimate of drug-likeness (QED) is 0.192. The molecule has 1 aromatic carbocycles. The number of hydrogen-bond donors (Lipinski definition) is 5. The van der Waals surface area contributed by atoms with Gasteiger partial charge < -0.3 is 30.0 Å². The van der Waals surface area contributed by atoms with Gasteiger partial charge in [0.15, 0.2) is 6.23 Å². The van der Waals surface area contributed by atoms with Crippen LogP contribution in [0, 0.1) is 11.8 Å². The molecule has 1 aliphatic heterocycles. The summed E-state index contributed by atoms with van der Waals surface area (Å²) in [6, 6.07) is 11.0. The maximum absolute atomic E-state index is 11.2. The fourth-order valence-corrected chi connectivity index (χ4v) is 4.54. The zero-order valence-electron chi connectivity index (χ0n) is 20.4. The van der Waals surface area contributed by atoms with Crippen molar-refractivity contribution >= 4 is 27.1 Å². The average Bonchev–Trinajstić information content (AvgIpc) is 3.43. The Labute approximate surface area is 223 Å². The van der Waals surface area contributed by atoms with Gasteiger partial charge in [0.2, 0.25) is 0 Å². The Kier molecular flexibility index (Phi) is 7.44. The molecule has 4 heterocycles. The topological polar surface area (TPSA) is 201 Å². The Morgan fingerprint density at radius 3 is 2.64 bits per heavy atom. The van der Waals surface area contributed by atoms with Crippen LogP contribution in [0.3, 0.4) is 0 Å². The largest absolute Gasteiger partial charge is 0.489 e. The van der Waals surface area contributed by atoms with Crippen LogP contribution in [-0.4, -0.2) is 63.0 Å². The number of aliphatic hydroxyl groups is 2. The highest BCUT2D eigenvalue weighted by Crippen LogP contribution is 2.34. The molecule has 0 bridgehead atoms. The van der Waals surface area contributed by atoms with Crippen molar-refractivity contribution in [3.63, 3.8) is 0 Å². The van der Waals surface area contributed by atoms with Gasteiger partial charge in [-0.1, -0.05) is 17.9 Å². The third-order valence-corrected chi connectivity index (χ3v) is 6.63. The highest BCUT2D eigenvalue weighted by atomic mass is 32.2. The van der Waals surface area contributed by atoms with E-state index >= 15 is 0 Å². The van der Waals surface area contributed by atoms with E-state index in [4.69, 9.17) is 20.3 Å². The maximum Gasteiger partial charge on any atom is 0.274 e. The molecule has 0 radical (unpaired) electrons. The fourth-order valence-electron chi connectivity index (χ4n) is 4.15. The minimum absolute atomic E-state index is 0.169. The molecule has 1 fully saturated rings. The second-order valence-electron chi connectivity index (χ2n) is 8.77. The Balaban J connectivity index is 1.38. The zero-order valence-corrected chi connectivity index (χ0v) is 21.2. The lowest BCUT2D eigenvalue weighted by Crippen LogP contribution is -2.42. The first kappa shape index (κ1) is 26.5. The average molecular weight is 552 g/mol. The predicted octanol–water partition coefficient (Wildman–Crippen LogP) is -0.200. The number of aliphatic hydroxyl groups excluding tert-OH is 2. The van der Waals surface area contributed by atoms with Crippen LogP contribution in [0.15, 0.2) is 61.3 Å². The van der Waals surface area contributed by atoms with Gasteiger partial charge in [0.1, 0.15) is 48.5 Å². The van der Waals surface area contributed by atoms with E-state index in [0.29, 0.717) is 34.5 Å². The number of benzene rings is 1. The molecule has 4 aromatic rings. The van der Waals surface area contributed by atoms with Gasteiger partial charge in [-0.15, -0.1) is 0 Å². The number of pyridine rings is 1. The molecule has 1 saturated heterocycles. The Bertz CT molecular complexity index is 1630. The standard InChI is InChI=1S/C25H25N7O6S/c26-23-20-17(6-3-15-4-7-18(8-5-15)37-13-16-2-1-9-28-10-16)12-32(24(20)30-14-29-23)25-22(34)21(33)19(38-25)11-31-39(27,35)36/h1-2,4-5,7-10,12,14,19,21-22,25,31,33-34H,11,13H2,(H2,26,29,30)(H2,27,35,36)/t19-,21-,22-,25-/m1/s1. The lowest BCUT2D eigenvalue weighted by Gasteiger charge is -2.17. The molecule has 0 saturated carbocycles. The van der Waals surface area contributed by atoms with Crippen molar-refractivity contribution in [2.24, 2.45) is 5.14 Å². The summed E-state index contributed by atoms with van der Waals surface area (Å²) >= 11 is 0. The molecule has 4 atom stereocenters. The predicted molar refractivity (Wildman–Crippen MR) is 140 cm³/mol. The number of nitrogens with two attached hydrogens (primary N) is 2. The summed E-state index contributed by atoms with van der Waals surface area (Å²) in [4.78, 5) is 12.4. The van der Waals surface area contributed by atoms with Crippen molar-refractivity contribution in [3.05, 3.63) is 78.0 Å². The number of nitrogens with one attached hydrogen (secondary N) is 1. The first-order chi connectivity index (χ1) is 18.7. The minimum atomic E-state index is -4.02. The molecule has 7 N–H and O–H groups in total. The minimum Gasteiger partial charge on any atom is -0.489 e. The Morgan fingerprint density at radius 1 is 1.13 bits per heavy atom. The number of fused-ring (bicyclic) bond motifs is 1. The van der Waals surface area contributed by atoms with E-state index in [2.05, 4.69) is 31.5 Å². The van der Waals surface area contributed by atoms with Crippen LogP contribution in [0.5, 0.6) is 5.75 Å². The summed E-state index contributed by atoms with van der Waals surface area (Å²) in [5.74, 6) is 6.97. The SMILES string of the molecule is Nc1ncnc2c1c(C#Cc1ccc(OCc3cccnc3)cc1)cn2[C@@H]1O[C@H](CNS(N)(=O)=O)[C@@H](O)[C@H]1O. The summed E-state index contributed by atoms with van der Waals surface area (Å²) in [6.07, 6.45) is 1.33. The van der Waals surface area contributed by atoms with E-state index < -0.39 is 34.7 Å². The van der Waals surface area contributed by atoms with Crippen molar-refractivity contribution in [2.45, 2.75) is 31.1 Å². The molecule has 13 nitrogen and oxygen atoms in total. The highest BCUT2D eigenvalue weighted by Gasteiger charge is 2.44. The van der Waals surface area contributed by atoms with Crippen LogP contribution in [0.1, 0.15) is 22.9 Å². The van der Waals surface area contributed by atoms with Crippen LogP contribution < -0.4 is 20.3 Å². The summed E-state index contributed by atoms with van der Waals surface area (Å²) in [5.41, 5.74) is 8.58.